The predicted octanol–water partition coefficient (Wildman–Crippen LogP) is 4.45. The first kappa shape index (κ1) is 12.1. The van der Waals surface area contributed by atoms with Gasteiger partial charge >= 0.3 is 0 Å². The summed E-state index contributed by atoms with van der Waals surface area (Å²) in [5.74, 6) is 7.79. The van der Waals surface area contributed by atoms with Crippen LogP contribution in [0.25, 0.3) is 0 Å². The van der Waals surface area contributed by atoms with Crippen molar-refractivity contribution in [3.05, 3.63) is 0 Å². The van der Waals surface area contributed by atoms with Crippen LogP contribution in [0.4, 0.5) is 0 Å². The van der Waals surface area contributed by atoms with Crippen LogP contribution in [0.5, 0.6) is 0 Å². The standard InChI is InChI=1S/C11H18.C2H6.CH4/c1-5-6(2)10-7(3)11-8(5)4-9(10)11;1-2;/h5-11H,4H2,1-3H3;1-2H3;1H4. The summed E-state index contributed by atoms with van der Waals surface area (Å²) in [5.41, 5.74) is 0. The molecule has 0 heterocycles. The van der Waals surface area contributed by atoms with Crippen molar-refractivity contribution < 1.29 is 0 Å². The first-order valence-corrected chi connectivity index (χ1v) is 6.22. The van der Waals surface area contributed by atoms with Crippen molar-refractivity contribution in [3.63, 3.8) is 0 Å². The molecule has 0 amide bonds. The van der Waals surface area contributed by atoms with Crippen molar-refractivity contribution in [1.29, 1.82) is 0 Å². The van der Waals surface area contributed by atoms with E-state index in [0.29, 0.717) is 0 Å². The van der Waals surface area contributed by atoms with Gasteiger partial charge in [-0.05, 0) is 47.8 Å². The summed E-state index contributed by atoms with van der Waals surface area (Å²) in [6.07, 6.45) is 1.59. The average molecular weight is 196 g/mol. The van der Waals surface area contributed by atoms with Gasteiger partial charge in [0.05, 0.1) is 0 Å². The van der Waals surface area contributed by atoms with Crippen LogP contribution < -0.4 is 0 Å². The zero-order chi connectivity index (χ0) is 9.75. The van der Waals surface area contributed by atoms with E-state index in [-0.39, 0.29) is 7.43 Å². The molecule has 0 aromatic carbocycles. The summed E-state index contributed by atoms with van der Waals surface area (Å²) in [6, 6.07) is 0. The number of hydrogen-bond acceptors (Lipinski definition) is 0. The Morgan fingerprint density at radius 1 is 0.714 bits per heavy atom. The lowest BCUT2D eigenvalue weighted by Gasteiger charge is -2.72. The van der Waals surface area contributed by atoms with Gasteiger partial charge < -0.3 is 0 Å². The van der Waals surface area contributed by atoms with Crippen molar-refractivity contribution in [2.24, 2.45) is 41.4 Å². The van der Waals surface area contributed by atoms with Gasteiger partial charge in [0.2, 0.25) is 0 Å². The van der Waals surface area contributed by atoms with Crippen LogP contribution in [0.15, 0.2) is 0 Å². The molecule has 5 aliphatic carbocycles. The fourth-order valence-corrected chi connectivity index (χ4v) is 4.62. The molecule has 0 aromatic heterocycles. The Morgan fingerprint density at radius 3 is 1.64 bits per heavy atom. The fourth-order valence-electron chi connectivity index (χ4n) is 4.62. The van der Waals surface area contributed by atoms with Gasteiger partial charge in [0, 0.05) is 0 Å². The lowest BCUT2D eigenvalue weighted by atomic mass is 9.32. The van der Waals surface area contributed by atoms with Gasteiger partial charge in [0.25, 0.3) is 0 Å². The van der Waals surface area contributed by atoms with Crippen molar-refractivity contribution >= 4 is 0 Å². The first-order chi connectivity index (χ1) is 6.22. The molecule has 84 valence electrons. The molecule has 5 rings (SSSR count). The van der Waals surface area contributed by atoms with Crippen LogP contribution in [0, 0.1) is 41.4 Å². The van der Waals surface area contributed by atoms with Crippen molar-refractivity contribution in [1.82, 2.24) is 0 Å². The summed E-state index contributed by atoms with van der Waals surface area (Å²) < 4.78 is 0. The van der Waals surface area contributed by atoms with Gasteiger partial charge in [-0.25, -0.2) is 0 Å². The van der Waals surface area contributed by atoms with E-state index >= 15 is 0 Å². The Hall–Kier alpha value is 0. The molecule has 0 heteroatoms. The molecule has 14 heavy (non-hydrogen) atoms. The first-order valence-electron chi connectivity index (χ1n) is 6.22. The molecular formula is C14H28. The molecule has 0 nitrogen and oxygen atoms in total. The third-order valence-electron chi connectivity index (χ3n) is 5.35. The number of rotatable bonds is 0. The van der Waals surface area contributed by atoms with Gasteiger partial charge in [0.15, 0.2) is 0 Å². The average Bonchev–Trinajstić information content (AvgIpc) is 2.10. The molecule has 0 N–H and O–H groups in total. The van der Waals surface area contributed by atoms with E-state index in [9.17, 15) is 0 Å². The van der Waals surface area contributed by atoms with E-state index in [0.717, 1.165) is 29.6 Å². The van der Waals surface area contributed by atoms with Gasteiger partial charge in [-0.15, -0.1) is 0 Å². The smallest absolute Gasteiger partial charge is 0.0323 e. The van der Waals surface area contributed by atoms with Crippen molar-refractivity contribution in [3.8, 4) is 0 Å². The van der Waals surface area contributed by atoms with Gasteiger partial charge in [0.1, 0.15) is 0 Å². The quantitative estimate of drug-likeness (QED) is 0.537. The molecule has 5 aliphatic rings. The zero-order valence-corrected chi connectivity index (χ0v) is 9.75. The summed E-state index contributed by atoms with van der Waals surface area (Å²) in [6.45, 7) is 11.5. The van der Waals surface area contributed by atoms with Crippen LogP contribution in [-0.2, 0) is 0 Å². The topological polar surface area (TPSA) is 0 Å². The van der Waals surface area contributed by atoms with E-state index in [1.807, 2.05) is 13.8 Å². The molecule has 5 saturated carbocycles. The normalized spacial score (nSPS) is 56.8. The molecular weight excluding hydrogens is 168 g/mol. The Kier molecular flexibility index (Phi) is 3.33. The highest BCUT2D eigenvalue weighted by molar-refractivity contribution is 5.14. The maximum atomic E-state index is 2.49. The molecule has 0 aromatic rings. The van der Waals surface area contributed by atoms with E-state index in [1.54, 1.807) is 6.42 Å². The minimum atomic E-state index is 0. The molecule has 5 fully saturated rings. The molecule has 0 radical (unpaired) electrons. The molecule has 0 saturated heterocycles. The summed E-state index contributed by atoms with van der Waals surface area (Å²) in [5, 5.41) is 0. The third kappa shape index (κ3) is 1.12. The Labute approximate surface area is 90.5 Å². The second-order valence-electron chi connectivity index (χ2n) is 5.30. The molecule has 0 spiro atoms. The van der Waals surface area contributed by atoms with E-state index in [4.69, 9.17) is 0 Å². The van der Waals surface area contributed by atoms with Crippen LogP contribution in [-0.4, -0.2) is 0 Å². The molecule has 4 bridgehead atoms. The Bertz CT molecular complexity index is 186. The van der Waals surface area contributed by atoms with E-state index in [1.165, 1.54) is 11.8 Å². The second kappa shape index (κ2) is 3.87. The summed E-state index contributed by atoms with van der Waals surface area (Å²) in [7, 11) is 0. The highest BCUT2D eigenvalue weighted by Gasteiger charge is 2.66. The van der Waals surface area contributed by atoms with Crippen LogP contribution in [0.2, 0.25) is 0 Å². The third-order valence-corrected chi connectivity index (χ3v) is 5.35. The zero-order valence-electron chi connectivity index (χ0n) is 9.75. The van der Waals surface area contributed by atoms with Gasteiger partial charge in [-0.3, -0.25) is 0 Å². The lowest BCUT2D eigenvalue weighted by molar-refractivity contribution is -0.246. The number of hydrogen-bond donors (Lipinski definition) is 0. The fraction of sp³-hybridized carbons (Fsp3) is 1.00. The highest BCUT2D eigenvalue weighted by Crippen LogP contribution is 2.71. The summed E-state index contributed by atoms with van der Waals surface area (Å²) in [4.78, 5) is 0. The van der Waals surface area contributed by atoms with Crippen molar-refractivity contribution in [2.45, 2.75) is 48.5 Å². The Balaban J connectivity index is 0.000000309. The van der Waals surface area contributed by atoms with Crippen LogP contribution in [0.1, 0.15) is 48.5 Å². The predicted molar refractivity (Wildman–Crippen MR) is 64.1 cm³/mol. The molecule has 7 unspecified atom stereocenters. The minimum Gasteiger partial charge on any atom is -0.0776 e. The van der Waals surface area contributed by atoms with Crippen LogP contribution in [0.3, 0.4) is 0 Å². The highest BCUT2D eigenvalue weighted by atomic mass is 14.7. The largest absolute Gasteiger partial charge is 0.0776 e. The van der Waals surface area contributed by atoms with E-state index < -0.39 is 0 Å². The van der Waals surface area contributed by atoms with Gasteiger partial charge in [-0.1, -0.05) is 42.0 Å². The summed E-state index contributed by atoms with van der Waals surface area (Å²) >= 11 is 0. The van der Waals surface area contributed by atoms with Gasteiger partial charge in [-0.2, -0.15) is 0 Å². The van der Waals surface area contributed by atoms with Crippen molar-refractivity contribution in [2.75, 3.05) is 0 Å². The molecule has 7 atom stereocenters. The monoisotopic (exact) mass is 196 g/mol. The maximum Gasteiger partial charge on any atom is -0.0323 e. The SMILES string of the molecule is C.CC.CC1C(C)C2C(C)C3C1CC23. The molecule has 0 aliphatic heterocycles. The Morgan fingerprint density at radius 2 is 1.29 bits per heavy atom. The second-order valence-corrected chi connectivity index (χ2v) is 5.30. The minimum absolute atomic E-state index is 0. The lowest BCUT2D eigenvalue weighted by Crippen LogP contribution is -2.67. The van der Waals surface area contributed by atoms with Crippen LogP contribution >= 0.6 is 0 Å². The maximum absolute atomic E-state index is 2.49. The van der Waals surface area contributed by atoms with E-state index in [2.05, 4.69) is 20.8 Å².